The van der Waals surface area contributed by atoms with Gasteiger partial charge in [-0.2, -0.15) is 0 Å². The number of hydrogen-bond acceptors (Lipinski definition) is 3. The van der Waals surface area contributed by atoms with E-state index in [-0.39, 0.29) is 6.42 Å². The van der Waals surface area contributed by atoms with Crippen LogP contribution in [0.4, 0.5) is 0 Å². The smallest absolute Gasteiger partial charge is 0.303 e. The first kappa shape index (κ1) is 17.4. The molecule has 0 rings (SSSR count). The summed E-state index contributed by atoms with van der Waals surface area (Å²) in [6.45, 7) is 4.43. The van der Waals surface area contributed by atoms with Crippen LogP contribution >= 0.6 is 0 Å². The maximum absolute atomic E-state index is 10.3. The van der Waals surface area contributed by atoms with Crippen molar-refractivity contribution in [2.45, 2.75) is 58.3 Å². The average Bonchev–Trinajstić information content (AvgIpc) is 2.32. The number of carbonyl (C=O) groups is 1. The summed E-state index contributed by atoms with van der Waals surface area (Å²) in [4.78, 5) is 12.4. The molecule has 0 saturated heterocycles. The summed E-state index contributed by atoms with van der Waals surface area (Å²) in [6, 6.07) is 0. The molecule has 0 aromatic carbocycles. The van der Waals surface area contributed by atoms with Crippen LogP contribution in [0.3, 0.4) is 0 Å². The van der Waals surface area contributed by atoms with E-state index in [4.69, 9.17) is 9.84 Å². The van der Waals surface area contributed by atoms with Gasteiger partial charge in [-0.25, -0.2) is 0 Å². The topological polar surface area (TPSA) is 49.8 Å². The molecule has 0 unspecified atom stereocenters. The largest absolute Gasteiger partial charge is 0.481 e. The summed E-state index contributed by atoms with van der Waals surface area (Å²) in [7, 11) is 1.96. The van der Waals surface area contributed by atoms with E-state index in [1.165, 1.54) is 32.1 Å². The standard InChI is InChI=1S/C14H29NO3/c1-3-4-5-6-7-8-12-18-13-15(2)11-9-10-14(16)17/h3-13H2,1-2H3,(H,16,17). The molecule has 4 heteroatoms. The summed E-state index contributed by atoms with van der Waals surface area (Å²) in [5.74, 6) is -0.726. The molecule has 4 nitrogen and oxygen atoms in total. The van der Waals surface area contributed by atoms with E-state index >= 15 is 0 Å². The number of nitrogens with zero attached hydrogens (tertiary/aromatic N) is 1. The van der Waals surface area contributed by atoms with Crippen molar-refractivity contribution in [3.05, 3.63) is 0 Å². The second kappa shape index (κ2) is 12.8. The minimum atomic E-state index is -0.726. The average molecular weight is 259 g/mol. The minimum absolute atomic E-state index is 0.238. The fourth-order valence-corrected chi connectivity index (χ4v) is 1.77. The van der Waals surface area contributed by atoms with Crippen LogP contribution in [-0.2, 0) is 9.53 Å². The van der Waals surface area contributed by atoms with Gasteiger partial charge in [0.15, 0.2) is 0 Å². The van der Waals surface area contributed by atoms with Crippen LogP contribution < -0.4 is 0 Å². The number of aliphatic carboxylic acids is 1. The van der Waals surface area contributed by atoms with Gasteiger partial charge in [-0.3, -0.25) is 9.69 Å². The van der Waals surface area contributed by atoms with Crippen molar-refractivity contribution in [3.8, 4) is 0 Å². The molecule has 0 aliphatic carbocycles. The summed E-state index contributed by atoms with van der Waals surface area (Å²) in [6.07, 6.45) is 8.59. The molecular weight excluding hydrogens is 230 g/mol. The van der Waals surface area contributed by atoms with Gasteiger partial charge in [0.25, 0.3) is 0 Å². The summed E-state index contributed by atoms with van der Waals surface area (Å²) >= 11 is 0. The second-order valence-corrected chi connectivity index (χ2v) is 4.88. The van der Waals surface area contributed by atoms with Crippen LogP contribution in [0.15, 0.2) is 0 Å². The van der Waals surface area contributed by atoms with Crippen molar-refractivity contribution in [3.63, 3.8) is 0 Å². The van der Waals surface area contributed by atoms with Gasteiger partial charge in [0.2, 0.25) is 0 Å². The van der Waals surface area contributed by atoms with E-state index in [0.717, 1.165) is 19.6 Å². The third kappa shape index (κ3) is 13.5. The van der Waals surface area contributed by atoms with Crippen molar-refractivity contribution in [2.75, 3.05) is 26.9 Å². The molecule has 108 valence electrons. The molecule has 0 amide bonds. The normalized spacial score (nSPS) is 11.1. The van der Waals surface area contributed by atoms with Gasteiger partial charge in [-0.05, 0) is 19.9 Å². The number of rotatable bonds is 13. The zero-order valence-corrected chi connectivity index (χ0v) is 12.0. The van der Waals surface area contributed by atoms with Gasteiger partial charge in [0.1, 0.15) is 0 Å². The fourth-order valence-electron chi connectivity index (χ4n) is 1.77. The molecule has 1 N–H and O–H groups in total. The lowest BCUT2D eigenvalue weighted by molar-refractivity contribution is -0.137. The number of ether oxygens (including phenoxy) is 1. The first-order valence-corrected chi connectivity index (χ1v) is 7.15. The third-order valence-electron chi connectivity index (χ3n) is 2.88. The van der Waals surface area contributed by atoms with Crippen molar-refractivity contribution in [1.29, 1.82) is 0 Å². The first-order valence-electron chi connectivity index (χ1n) is 7.15. The highest BCUT2D eigenvalue weighted by Gasteiger charge is 2.01. The minimum Gasteiger partial charge on any atom is -0.481 e. The Morgan fingerprint density at radius 2 is 1.78 bits per heavy atom. The van der Waals surface area contributed by atoms with Crippen LogP contribution in [0.5, 0.6) is 0 Å². The number of carboxylic acid groups (broad SMARTS) is 1. The predicted octanol–water partition coefficient (Wildman–Crippen LogP) is 3.12. The quantitative estimate of drug-likeness (QED) is 0.408. The Morgan fingerprint density at radius 3 is 2.44 bits per heavy atom. The maximum atomic E-state index is 10.3. The number of hydrogen-bond donors (Lipinski definition) is 1. The molecule has 0 heterocycles. The molecule has 0 aliphatic heterocycles. The van der Waals surface area contributed by atoms with Crippen LogP contribution in [0, 0.1) is 0 Å². The van der Waals surface area contributed by atoms with Crippen LogP contribution in [0.2, 0.25) is 0 Å². The van der Waals surface area contributed by atoms with Gasteiger partial charge in [-0.1, -0.05) is 39.0 Å². The lowest BCUT2D eigenvalue weighted by Crippen LogP contribution is -2.23. The molecule has 0 spiro atoms. The molecule has 0 fully saturated rings. The van der Waals surface area contributed by atoms with Crippen molar-refractivity contribution >= 4 is 5.97 Å². The molecule has 0 aromatic rings. The molecule has 0 aromatic heterocycles. The van der Waals surface area contributed by atoms with Crippen LogP contribution in [0.25, 0.3) is 0 Å². The fraction of sp³-hybridized carbons (Fsp3) is 0.929. The maximum Gasteiger partial charge on any atom is 0.303 e. The second-order valence-electron chi connectivity index (χ2n) is 4.88. The van der Waals surface area contributed by atoms with Crippen molar-refractivity contribution in [2.24, 2.45) is 0 Å². The van der Waals surface area contributed by atoms with E-state index in [1.54, 1.807) is 0 Å². The Bertz CT molecular complexity index is 197. The summed E-state index contributed by atoms with van der Waals surface area (Å²) in [5.41, 5.74) is 0. The van der Waals surface area contributed by atoms with Crippen LogP contribution in [0.1, 0.15) is 58.3 Å². The van der Waals surface area contributed by atoms with Crippen molar-refractivity contribution < 1.29 is 14.6 Å². The van der Waals surface area contributed by atoms with Crippen molar-refractivity contribution in [1.82, 2.24) is 4.90 Å². The highest BCUT2D eigenvalue weighted by atomic mass is 16.5. The van der Waals surface area contributed by atoms with E-state index in [0.29, 0.717) is 13.2 Å². The van der Waals surface area contributed by atoms with E-state index in [1.807, 2.05) is 11.9 Å². The third-order valence-corrected chi connectivity index (χ3v) is 2.88. The Morgan fingerprint density at radius 1 is 1.11 bits per heavy atom. The van der Waals surface area contributed by atoms with Gasteiger partial charge in [0.05, 0.1) is 6.73 Å². The summed E-state index contributed by atoms with van der Waals surface area (Å²) < 4.78 is 5.54. The first-order chi connectivity index (χ1) is 8.66. The molecule has 0 bridgehead atoms. The molecule has 0 aliphatic rings. The lowest BCUT2D eigenvalue weighted by atomic mass is 10.1. The Kier molecular flexibility index (Phi) is 12.4. The highest BCUT2D eigenvalue weighted by Crippen LogP contribution is 2.05. The molecule has 0 radical (unpaired) electrons. The Hall–Kier alpha value is -0.610. The highest BCUT2D eigenvalue weighted by molar-refractivity contribution is 5.66. The van der Waals surface area contributed by atoms with E-state index in [2.05, 4.69) is 6.92 Å². The van der Waals surface area contributed by atoms with E-state index in [9.17, 15) is 4.79 Å². The molecular formula is C14H29NO3. The summed E-state index contributed by atoms with van der Waals surface area (Å²) in [5, 5.41) is 8.51. The molecule has 0 atom stereocenters. The van der Waals surface area contributed by atoms with Gasteiger partial charge in [0, 0.05) is 19.6 Å². The zero-order valence-electron chi connectivity index (χ0n) is 12.0. The lowest BCUT2D eigenvalue weighted by Gasteiger charge is -2.16. The molecule has 0 saturated carbocycles. The SMILES string of the molecule is CCCCCCCCOCN(C)CCCC(=O)O. The zero-order chi connectivity index (χ0) is 13.6. The predicted molar refractivity (Wildman–Crippen MR) is 73.7 cm³/mol. The van der Waals surface area contributed by atoms with E-state index < -0.39 is 5.97 Å². The Balaban J connectivity index is 3.15. The monoisotopic (exact) mass is 259 g/mol. The van der Waals surface area contributed by atoms with Gasteiger partial charge >= 0.3 is 5.97 Å². The van der Waals surface area contributed by atoms with Gasteiger partial charge in [-0.15, -0.1) is 0 Å². The van der Waals surface area contributed by atoms with Crippen LogP contribution in [-0.4, -0.2) is 42.9 Å². The van der Waals surface area contributed by atoms with Gasteiger partial charge < -0.3 is 9.84 Å². The number of carboxylic acids is 1. The number of unbranched alkanes of at least 4 members (excludes halogenated alkanes) is 5. The Labute approximate surface area is 111 Å². The molecule has 18 heavy (non-hydrogen) atoms.